The molecule has 3 aromatic rings. The van der Waals surface area contributed by atoms with Gasteiger partial charge < -0.3 is 19.9 Å². The minimum atomic E-state index is -4.83. The molecule has 2 aromatic carbocycles. The minimum absolute atomic E-state index is 0.0469. The first kappa shape index (κ1) is 28.1. The molecule has 1 aromatic heterocycles. The maximum Gasteiger partial charge on any atom is 0.573 e. The van der Waals surface area contributed by atoms with Crippen LogP contribution in [0.4, 0.5) is 18.2 Å². The number of ether oxygens (including phenoxy) is 2. The number of thiophene rings is 1. The molecule has 0 atom stereocenters. The van der Waals surface area contributed by atoms with Gasteiger partial charge in [0.2, 0.25) is 5.91 Å². The van der Waals surface area contributed by atoms with Crippen molar-refractivity contribution in [1.82, 2.24) is 0 Å². The van der Waals surface area contributed by atoms with E-state index in [4.69, 9.17) is 9.84 Å². The number of aryl methyl sites for hydroxylation is 2. The molecule has 0 aliphatic rings. The number of rotatable bonds is 11. The van der Waals surface area contributed by atoms with Gasteiger partial charge in [0.15, 0.2) is 12.4 Å². The Labute approximate surface area is 218 Å². The molecule has 0 unspecified atom stereocenters. The predicted octanol–water partition coefficient (Wildman–Crippen LogP) is 5.94. The first-order valence-corrected chi connectivity index (χ1v) is 12.7. The highest BCUT2D eigenvalue weighted by Crippen LogP contribution is 2.32. The van der Waals surface area contributed by atoms with Gasteiger partial charge in [-0.3, -0.25) is 9.59 Å². The predicted molar refractivity (Wildman–Crippen MR) is 134 cm³/mol. The van der Waals surface area contributed by atoms with E-state index in [2.05, 4.69) is 10.1 Å². The fourth-order valence-corrected chi connectivity index (χ4v) is 4.97. The van der Waals surface area contributed by atoms with E-state index in [0.717, 1.165) is 27.5 Å². The van der Waals surface area contributed by atoms with E-state index < -0.39 is 30.5 Å². The molecule has 196 valence electrons. The molecule has 0 fully saturated rings. The highest BCUT2D eigenvalue weighted by molar-refractivity contribution is 8.00. The van der Waals surface area contributed by atoms with E-state index in [-0.39, 0.29) is 22.8 Å². The lowest BCUT2D eigenvalue weighted by atomic mass is 10.0. The Morgan fingerprint density at radius 1 is 1.08 bits per heavy atom. The van der Waals surface area contributed by atoms with Crippen LogP contribution in [0, 0.1) is 6.92 Å². The summed E-state index contributed by atoms with van der Waals surface area (Å²) in [5.41, 5.74) is 1.12. The third-order valence-corrected chi connectivity index (χ3v) is 7.04. The monoisotopic (exact) mass is 553 g/mol. The van der Waals surface area contributed by atoms with Crippen molar-refractivity contribution in [2.24, 2.45) is 0 Å². The zero-order chi connectivity index (χ0) is 27.2. The van der Waals surface area contributed by atoms with Crippen molar-refractivity contribution in [2.75, 3.05) is 17.7 Å². The summed E-state index contributed by atoms with van der Waals surface area (Å²) in [6.07, 6.45) is -4.21. The Morgan fingerprint density at radius 2 is 1.78 bits per heavy atom. The number of hydrogen-bond acceptors (Lipinski definition) is 7. The smallest absolute Gasteiger partial charge is 0.482 e. The molecular formula is C25H22F3NO6S2. The number of ketones is 1. The van der Waals surface area contributed by atoms with E-state index in [0.29, 0.717) is 17.2 Å². The largest absolute Gasteiger partial charge is 0.573 e. The number of amides is 1. The van der Waals surface area contributed by atoms with E-state index in [1.54, 1.807) is 31.2 Å². The van der Waals surface area contributed by atoms with Crippen LogP contribution in [0.3, 0.4) is 0 Å². The lowest BCUT2D eigenvalue weighted by molar-refractivity contribution is -0.274. The summed E-state index contributed by atoms with van der Waals surface area (Å²) in [6, 6.07) is 11.4. The van der Waals surface area contributed by atoms with E-state index in [1.165, 1.54) is 35.2 Å². The van der Waals surface area contributed by atoms with Gasteiger partial charge in [0.1, 0.15) is 16.5 Å². The SMILES string of the molecule is CCc1cc(C(=O)c2ccc(OC(F)(F)F)cc2)c(NC(=O)CSc2ccc(OCC(=O)O)c(C)c2)s1. The highest BCUT2D eigenvalue weighted by atomic mass is 32.2. The molecule has 37 heavy (non-hydrogen) atoms. The summed E-state index contributed by atoms with van der Waals surface area (Å²) in [5.74, 6) is -1.83. The second-order valence-corrected chi connectivity index (χ2v) is 9.84. The summed E-state index contributed by atoms with van der Waals surface area (Å²) in [5, 5.41) is 11.9. The number of carbonyl (C=O) groups excluding carboxylic acids is 2. The normalized spacial score (nSPS) is 11.2. The third kappa shape index (κ3) is 8.25. The van der Waals surface area contributed by atoms with Gasteiger partial charge in [0.05, 0.1) is 11.3 Å². The molecule has 0 bridgehead atoms. The standard InChI is InChI=1S/C25H22F3NO6S2/c1-3-17-11-19(23(33)15-4-6-16(7-5-15)35-25(26,27)28)24(37-17)29-21(30)13-36-18-8-9-20(14(2)10-18)34-12-22(31)32/h4-11H,3,12-13H2,1-2H3,(H,29,30)(H,31,32). The lowest BCUT2D eigenvalue weighted by Gasteiger charge is -2.10. The van der Waals surface area contributed by atoms with Crippen molar-refractivity contribution in [1.29, 1.82) is 0 Å². The average molecular weight is 554 g/mol. The number of anilines is 1. The number of aliphatic carboxylic acids is 1. The van der Waals surface area contributed by atoms with Gasteiger partial charge in [-0.1, -0.05) is 6.92 Å². The molecular weight excluding hydrogens is 531 g/mol. The highest BCUT2D eigenvalue weighted by Gasteiger charge is 2.31. The number of hydrogen-bond donors (Lipinski definition) is 2. The number of halogens is 3. The number of carboxylic acids is 1. The molecule has 1 heterocycles. The molecule has 0 aliphatic carbocycles. The van der Waals surface area contributed by atoms with Crippen molar-refractivity contribution in [2.45, 2.75) is 31.5 Å². The number of carboxylic acid groups (broad SMARTS) is 1. The summed E-state index contributed by atoms with van der Waals surface area (Å²) in [7, 11) is 0. The Balaban J connectivity index is 1.67. The molecule has 0 spiro atoms. The van der Waals surface area contributed by atoms with Gasteiger partial charge in [-0.15, -0.1) is 36.3 Å². The van der Waals surface area contributed by atoms with Crippen LogP contribution in [0.25, 0.3) is 0 Å². The fraction of sp³-hybridized carbons (Fsp3) is 0.240. The zero-order valence-electron chi connectivity index (χ0n) is 19.7. The third-order valence-electron chi connectivity index (χ3n) is 4.85. The van der Waals surface area contributed by atoms with Crippen LogP contribution in [0.2, 0.25) is 0 Å². The number of alkyl halides is 3. The van der Waals surface area contributed by atoms with Gasteiger partial charge in [-0.05, 0) is 67.4 Å². The van der Waals surface area contributed by atoms with Crippen LogP contribution in [0.5, 0.6) is 11.5 Å². The van der Waals surface area contributed by atoms with E-state index in [1.807, 2.05) is 6.92 Å². The topological polar surface area (TPSA) is 102 Å². The average Bonchev–Trinajstić information content (AvgIpc) is 3.23. The van der Waals surface area contributed by atoms with E-state index >= 15 is 0 Å². The number of nitrogens with one attached hydrogen (secondary N) is 1. The summed E-state index contributed by atoms with van der Waals surface area (Å²) < 4.78 is 46.2. The van der Waals surface area contributed by atoms with Crippen LogP contribution < -0.4 is 14.8 Å². The summed E-state index contributed by atoms with van der Waals surface area (Å²) in [4.78, 5) is 38.0. The lowest BCUT2D eigenvalue weighted by Crippen LogP contribution is -2.17. The van der Waals surface area contributed by atoms with Crippen LogP contribution in [0.1, 0.15) is 33.3 Å². The molecule has 3 rings (SSSR count). The van der Waals surface area contributed by atoms with Gasteiger partial charge in [-0.25, -0.2) is 4.79 Å². The first-order chi connectivity index (χ1) is 17.4. The van der Waals surface area contributed by atoms with Crippen LogP contribution in [-0.2, 0) is 16.0 Å². The van der Waals surface area contributed by atoms with Crippen LogP contribution in [-0.4, -0.2) is 41.5 Å². The second-order valence-electron chi connectivity index (χ2n) is 7.66. The molecule has 12 heteroatoms. The molecule has 0 aliphatic heterocycles. The Bertz CT molecular complexity index is 1290. The zero-order valence-corrected chi connectivity index (χ0v) is 21.3. The van der Waals surface area contributed by atoms with Crippen LogP contribution >= 0.6 is 23.1 Å². The Kier molecular flexibility index (Phi) is 9.22. The van der Waals surface area contributed by atoms with Crippen molar-refractivity contribution in [3.05, 3.63) is 70.1 Å². The summed E-state index contributed by atoms with van der Waals surface area (Å²) >= 11 is 2.51. The van der Waals surface area contributed by atoms with Crippen LogP contribution in [0.15, 0.2) is 53.4 Å². The fourth-order valence-electron chi connectivity index (χ4n) is 3.17. The maximum absolute atomic E-state index is 13.1. The van der Waals surface area contributed by atoms with E-state index in [9.17, 15) is 27.6 Å². The Morgan fingerprint density at radius 3 is 2.38 bits per heavy atom. The minimum Gasteiger partial charge on any atom is -0.482 e. The van der Waals surface area contributed by atoms with Crippen molar-refractivity contribution >= 4 is 45.8 Å². The molecule has 0 saturated carbocycles. The van der Waals surface area contributed by atoms with Crippen molar-refractivity contribution in [3.8, 4) is 11.5 Å². The number of benzene rings is 2. The maximum atomic E-state index is 13.1. The second kappa shape index (κ2) is 12.2. The van der Waals surface area contributed by atoms with Gasteiger partial charge in [0.25, 0.3) is 0 Å². The number of thioether (sulfide) groups is 1. The quantitative estimate of drug-likeness (QED) is 0.224. The molecule has 0 saturated heterocycles. The molecule has 2 N–H and O–H groups in total. The first-order valence-electron chi connectivity index (χ1n) is 10.9. The molecule has 1 amide bonds. The van der Waals surface area contributed by atoms with Crippen molar-refractivity contribution in [3.63, 3.8) is 0 Å². The van der Waals surface area contributed by atoms with Crippen molar-refractivity contribution < 1.29 is 42.1 Å². The van der Waals surface area contributed by atoms with Gasteiger partial charge in [-0.2, -0.15) is 0 Å². The van der Waals surface area contributed by atoms with Gasteiger partial charge in [0, 0.05) is 15.3 Å². The molecule has 0 radical (unpaired) electrons. The molecule has 7 nitrogen and oxygen atoms in total. The summed E-state index contributed by atoms with van der Waals surface area (Å²) in [6.45, 7) is 3.21. The van der Waals surface area contributed by atoms with Gasteiger partial charge >= 0.3 is 12.3 Å². The Hall–Kier alpha value is -3.51. The number of carbonyl (C=O) groups is 3.